The lowest BCUT2D eigenvalue weighted by atomic mass is 10.0. The van der Waals surface area contributed by atoms with Gasteiger partial charge in [-0.1, -0.05) is 63.8 Å². The van der Waals surface area contributed by atoms with Gasteiger partial charge < -0.3 is 9.47 Å². The van der Waals surface area contributed by atoms with E-state index in [9.17, 15) is 0 Å². The molecule has 0 aliphatic carbocycles. The number of aryl methyl sites for hydroxylation is 1. The molecule has 0 unspecified atom stereocenters. The van der Waals surface area contributed by atoms with Crippen molar-refractivity contribution in [3.63, 3.8) is 0 Å². The fraction of sp³-hybridized carbons (Fsp3) is 0.560. The van der Waals surface area contributed by atoms with Gasteiger partial charge in [-0.15, -0.1) is 0 Å². The molecule has 0 spiro atoms. The molecule has 0 N–H and O–H groups in total. The van der Waals surface area contributed by atoms with Crippen LogP contribution in [0.5, 0.6) is 5.75 Å². The monoisotopic (exact) mass is 383 g/mol. The number of unbranched alkanes of at least 4 members (excludes halogenated alkanes) is 5. The van der Waals surface area contributed by atoms with Crippen LogP contribution in [0.4, 0.5) is 0 Å². The van der Waals surface area contributed by atoms with Crippen LogP contribution in [0.2, 0.25) is 0 Å². The molecule has 0 amide bonds. The number of nitrogens with zero attached hydrogens (tertiary/aromatic N) is 1. The Labute approximate surface area is 171 Å². The smallest absolute Gasteiger partial charge is 0.137 e. The highest BCUT2D eigenvalue weighted by Crippen LogP contribution is 2.21. The summed E-state index contributed by atoms with van der Waals surface area (Å²) in [5.41, 5.74) is 3.57. The minimum absolute atomic E-state index is 0.713. The maximum absolute atomic E-state index is 5.79. The third-order valence-corrected chi connectivity index (χ3v) is 4.90. The van der Waals surface area contributed by atoms with Gasteiger partial charge in [0.05, 0.1) is 18.5 Å². The Hall–Kier alpha value is -1.87. The molecular weight excluding hydrogens is 346 g/mol. The van der Waals surface area contributed by atoms with Crippen molar-refractivity contribution in [1.29, 1.82) is 0 Å². The summed E-state index contributed by atoms with van der Waals surface area (Å²) < 4.78 is 11.4. The first-order chi connectivity index (χ1) is 13.8. The van der Waals surface area contributed by atoms with Gasteiger partial charge in [0, 0.05) is 18.8 Å². The van der Waals surface area contributed by atoms with Crippen LogP contribution >= 0.6 is 0 Å². The molecule has 154 valence electrons. The van der Waals surface area contributed by atoms with Crippen LogP contribution in [0.25, 0.3) is 11.3 Å². The first-order valence-electron chi connectivity index (χ1n) is 11.1. The van der Waals surface area contributed by atoms with Crippen molar-refractivity contribution in [3.05, 3.63) is 48.2 Å². The van der Waals surface area contributed by atoms with Gasteiger partial charge >= 0.3 is 0 Å². The molecule has 0 aliphatic rings. The Balaban J connectivity index is 1.68. The number of hydrogen-bond acceptors (Lipinski definition) is 3. The van der Waals surface area contributed by atoms with Crippen molar-refractivity contribution >= 4 is 0 Å². The molecule has 0 saturated heterocycles. The molecule has 0 saturated carbocycles. The van der Waals surface area contributed by atoms with E-state index >= 15 is 0 Å². The van der Waals surface area contributed by atoms with E-state index in [4.69, 9.17) is 9.47 Å². The predicted molar refractivity (Wildman–Crippen MR) is 118 cm³/mol. The van der Waals surface area contributed by atoms with Crippen LogP contribution in [0.15, 0.2) is 42.6 Å². The average molecular weight is 384 g/mol. The number of benzene rings is 1. The largest absolute Gasteiger partial charge is 0.492 e. The van der Waals surface area contributed by atoms with E-state index < -0.39 is 0 Å². The van der Waals surface area contributed by atoms with Crippen molar-refractivity contribution in [2.45, 2.75) is 71.6 Å². The third-order valence-electron chi connectivity index (χ3n) is 4.90. The number of rotatable bonds is 15. The molecule has 1 heterocycles. The molecule has 3 heteroatoms. The number of ether oxygens (including phenoxy) is 2. The summed E-state index contributed by atoms with van der Waals surface area (Å²) in [5, 5.41) is 0. The Kier molecular flexibility index (Phi) is 11.3. The zero-order chi connectivity index (χ0) is 19.9. The quantitative estimate of drug-likeness (QED) is 0.315. The zero-order valence-corrected chi connectivity index (χ0v) is 17.8. The molecule has 2 rings (SSSR count). The van der Waals surface area contributed by atoms with Crippen LogP contribution in [0, 0.1) is 0 Å². The summed E-state index contributed by atoms with van der Waals surface area (Å²) in [6.07, 6.45) is 12.6. The fourth-order valence-electron chi connectivity index (χ4n) is 3.08. The van der Waals surface area contributed by atoms with Gasteiger partial charge in [-0.3, -0.25) is 4.98 Å². The molecule has 0 atom stereocenters. The number of hydrogen-bond donors (Lipinski definition) is 0. The first-order valence-corrected chi connectivity index (χ1v) is 11.1. The van der Waals surface area contributed by atoms with Crippen LogP contribution in [-0.2, 0) is 11.2 Å². The van der Waals surface area contributed by atoms with Gasteiger partial charge in [0.15, 0.2) is 0 Å². The lowest BCUT2D eigenvalue weighted by molar-refractivity contribution is 0.123. The van der Waals surface area contributed by atoms with E-state index in [0.717, 1.165) is 49.5 Å². The normalized spacial score (nSPS) is 10.9. The third kappa shape index (κ3) is 8.88. The molecule has 0 fully saturated rings. The average Bonchev–Trinajstić information content (AvgIpc) is 2.74. The molecule has 28 heavy (non-hydrogen) atoms. The van der Waals surface area contributed by atoms with Gasteiger partial charge in [-0.2, -0.15) is 0 Å². The van der Waals surface area contributed by atoms with Gasteiger partial charge in [-0.05, 0) is 49.8 Å². The van der Waals surface area contributed by atoms with Crippen molar-refractivity contribution in [3.8, 4) is 17.0 Å². The Morgan fingerprint density at radius 2 is 1.46 bits per heavy atom. The van der Waals surface area contributed by atoms with Crippen LogP contribution in [0.1, 0.15) is 70.8 Å². The van der Waals surface area contributed by atoms with E-state index in [-0.39, 0.29) is 0 Å². The molecule has 2 aromatic rings. The highest BCUT2D eigenvalue weighted by Gasteiger charge is 2.02. The van der Waals surface area contributed by atoms with E-state index in [1.165, 1.54) is 44.1 Å². The minimum Gasteiger partial charge on any atom is -0.492 e. The van der Waals surface area contributed by atoms with Crippen LogP contribution in [0.3, 0.4) is 0 Å². The van der Waals surface area contributed by atoms with E-state index in [0.29, 0.717) is 6.61 Å². The lowest BCUT2D eigenvalue weighted by Gasteiger charge is -2.08. The van der Waals surface area contributed by atoms with Crippen LogP contribution in [-0.4, -0.2) is 24.8 Å². The SMILES string of the molecule is CCCCCCc1ccc(-c2ccc(OCCCCOCCCC)cn2)cc1. The maximum Gasteiger partial charge on any atom is 0.137 e. The predicted octanol–water partition coefficient (Wildman–Crippen LogP) is 6.85. The maximum atomic E-state index is 5.79. The second-order valence-electron chi connectivity index (χ2n) is 7.41. The summed E-state index contributed by atoms with van der Waals surface area (Å²) in [4.78, 5) is 4.56. The number of pyridine rings is 1. The van der Waals surface area contributed by atoms with Gasteiger partial charge in [0.1, 0.15) is 5.75 Å². The standard InChI is InChI=1S/C25H37NO2/c1-3-5-7-8-11-22-12-14-23(15-13-22)25-17-16-24(21-26-25)28-20-10-9-19-27-18-6-4-2/h12-17,21H,3-11,18-20H2,1-2H3. The van der Waals surface area contributed by atoms with Crippen molar-refractivity contribution in [1.82, 2.24) is 4.98 Å². The topological polar surface area (TPSA) is 31.4 Å². The summed E-state index contributed by atoms with van der Waals surface area (Å²) in [7, 11) is 0. The highest BCUT2D eigenvalue weighted by atomic mass is 16.5. The minimum atomic E-state index is 0.713. The second kappa shape index (κ2) is 14.2. The van der Waals surface area contributed by atoms with E-state index in [1.54, 1.807) is 0 Å². The number of aromatic nitrogens is 1. The Morgan fingerprint density at radius 1 is 0.714 bits per heavy atom. The molecule has 1 aromatic heterocycles. The zero-order valence-electron chi connectivity index (χ0n) is 17.8. The second-order valence-corrected chi connectivity index (χ2v) is 7.41. The summed E-state index contributed by atoms with van der Waals surface area (Å²) in [6, 6.07) is 12.9. The van der Waals surface area contributed by atoms with Crippen LogP contribution < -0.4 is 4.74 Å². The van der Waals surface area contributed by atoms with E-state index in [2.05, 4.69) is 43.1 Å². The summed E-state index contributed by atoms with van der Waals surface area (Å²) in [6.45, 7) is 6.85. The summed E-state index contributed by atoms with van der Waals surface area (Å²) in [5.74, 6) is 0.836. The lowest BCUT2D eigenvalue weighted by Crippen LogP contribution is -2.02. The summed E-state index contributed by atoms with van der Waals surface area (Å²) >= 11 is 0. The van der Waals surface area contributed by atoms with Gasteiger partial charge in [0.25, 0.3) is 0 Å². The molecule has 0 bridgehead atoms. The van der Waals surface area contributed by atoms with Crippen molar-refractivity contribution in [2.75, 3.05) is 19.8 Å². The molecule has 0 aliphatic heterocycles. The van der Waals surface area contributed by atoms with Crippen molar-refractivity contribution in [2.24, 2.45) is 0 Å². The molecule has 1 aromatic carbocycles. The highest BCUT2D eigenvalue weighted by molar-refractivity contribution is 5.59. The molecule has 0 radical (unpaired) electrons. The molecule has 3 nitrogen and oxygen atoms in total. The Morgan fingerprint density at radius 3 is 2.18 bits per heavy atom. The first kappa shape index (κ1) is 22.4. The van der Waals surface area contributed by atoms with Crippen molar-refractivity contribution < 1.29 is 9.47 Å². The molecular formula is C25H37NO2. The van der Waals surface area contributed by atoms with E-state index in [1.807, 2.05) is 18.3 Å². The Bertz CT molecular complexity index is 622. The fourth-order valence-corrected chi connectivity index (χ4v) is 3.08. The van der Waals surface area contributed by atoms with Gasteiger partial charge in [-0.25, -0.2) is 0 Å². The van der Waals surface area contributed by atoms with Gasteiger partial charge in [0.2, 0.25) is 0 Å².